The SMILES string of the molecule is CC(C)(C)C1CCC(=O)N(Cc2cccnc2NN)CC1. The van der Waals surface area contributed by atoms with E-state index >= 15 is 0 Å². The number of anilines is 1. The highest BCUT2D eigenvalue weighted by atomic mass is 16.2. The van der Waals surface area contributed by atoms with E-state index in [1.54, 1.807) is 6.20 Å². The van der Waals surface area contributed by atoms with Crippen LogP contribution in [0.25, 0.3) is 0 Å². The number of hydrogen-bond acceptors (Lipinski definition) is 4. The first kappa shape index (κ1) is 15.8. The first-order chi connectivity index (χ1) is 9.91. The number of nitrogens with one attached hydrogen (secondary N) is 1. The van der Waals surface area contributed by atoms with Gasteiger partial charge in [0.15, 0.2) is 0 Å². The lowest BCUT2D eigenvalue weighted by atomic mass is 9.77. The molecule has 1 amide bonds. The quantitative estimate of drug-likeness (QED) is 0.663. The molecule has 1 atom stereocenters. The van der Waals surface area contributed by atoms with Crippen molar-refractivity contribution in [2.75, 3.05) is 12.0 Å². The maximum Gasteiger partial charge on any atom is 0.222 e. The Morgan fingerprint density at radius 2 is 2.19 bits per heavy atom. The van der Waals surface area contributed by atoms with Crippen LogP contribution in [0.4, 0.5) is 5.82 Å². The van der Waals surface area contributed by atoms with E-state index < -0.39 is 0 Å². The summed E-state index contributed by atoms with van der Waals surface area (Å²) in [5.41, 5.74) is 3.82. The number of carbonyl (C=O) groups excluding carboxylic acids is 1. The van der Waals surface area contributed by atoms with Crippen LogP contribution < -0.4 is 11.3 Å². The van der Waals surface area contributed by atoms with Gasteiger partial charge in [0, 0.05) is 31.3 Å². The summed E-state index contributed by atoms with van der Waals surface area (Å²) in [6.45, 7) is 8.16. The van der Waals surface area contributed by atoms with Gasteiger partial charge in [0.1, 0.15) is 5.82 Å². The molecule has 1 fully saturated rings. The number of nitrogen functional groups attached to an aromatic ring is 1. The zero-order valence-corrected chi connectivity index (χ0v) is 13.2. The predicted octanol–water partition coefficient (Wildman–Crippen LogP) is 2.54. The van der Waals surface area contributed by atoms with Crippen molar-refractivity contribution < 1.29 is 4.79 Å². The van der Waals surface area contributed by atoms with Gasteiger partial charge in [-0.2, -0.15) is 0 Å². The Labute approximate surface area is 126 Å². The molecule has 0 aromatic carbocycles. The van der Waals surface area contributed by atoms with Gasteiger partial charge in [-0.3, -0.25) is 4.79 Å². The molecule has 1 aliphatic rings. The minimum absolute atomic E-state index is 0.230. The molecule has 3 N–H and O–H groups in total. The summed E-state index contributed by atoms with van der Waals surface area (Å²) in [7, 11) is 0. The molecule has 0 radical (unpaired) electrons. The van der Waals surface area contributed by atoms with Crippen molar-refractivity contribution in [3.63, 3.8) is 0 Å². The van der Waals surface area contributed by atoms with E-state index in [1.807, 2.05) is 17.0 Å². The average molecular weight is 290 g/mol. The number of likely N-dealkylation sites (tertiary alicyclic amines) is 1. The first-order valence-electron chi connectivity index (χ1n) is 7.60. The number of nitrogens with zero attached hydrogens (tertiary/aromatic N) is 2. The number of pyridine rings is 1. The molecule has 1 saturated heterocycles. The molecular formula is C16H26N4O. The lowest BCUT2D eigenvalue weighted by molar-refractivity contribution is -0.131. The van der Waals surface area contributed by atoms with E-state index in [2.05, 4.69) is 31.2 Å². The van der Waals surface area contributed by atoms with Gasteiger partial charge in [-0.05, 0) is 30.2 Å². The van der Waals surface area contributed by atoms with Gasteiger partial charge in [0.05, 0.1) is 0 Å². The lowest BCUT2D eigenvalue weighted by Crippen LogP contribution is -2.30. The number of nitrogens with two attached hydrogens (primary N) is 1. The Morgan fingerprint density at radius 3 is 2.86 bits per heavy atom. The van der Waals surface area contributed by atoms with Crippen molar-refractivity contribution in [2.45, 2.75) is 46.6 Å². The molecule has 0 saturated carbocycles. The van der Waals surface area contributed by atoms with E-state index in [4.69, 9.17) is 5.84 Å². The number of carbonyl (C=O) groups is 1. The van der Waals surface area contributed by atoms with Crippen LogP contribution in [-0.4, -0.2) is 22.3 Å². The number of aromatic nitrogens is 1. The third kappa shape index (κ3) is 3.94. The Kier molecular flexibility index (Phi) is 4.83. The molecule has 21 heavy (non-hydrogen) atoms. The van der Waals surface area contributed by atoms with E-state index in [0.29, 0.717) is 24.7 Å². The predicted molar refractivity (Wildman–Crippen MR) is 84.3 cm³/mol. The number of rotatable bonds is 3. The van der Waals surface area contributed by atoms with Gasteiger partial charge in [0.2, 0.25) is 5.91 Å². The molecule has 5 heteroatoms. The maximum absolute atomic E-state index is 12.3. The average Bonchev–Trinajstić information content (AvgIpc) is 2.62. The van der Waals surface area contributed by atoms with E-state index in [-0.39, 0.29) is 11.3 Å². The van der Waals surface area contributed by atoms with Crippen LogP contribution in [0.15, 0.2) is 18.3 Å². The van der Waals surface area contributed by atoms with Gasteiger partial charge >= 0.3 is 0 Å². The number of hydrazine groups is 1. The van der Waals surface area contributed by atoms with Crippen LogP contribution in [0.3, 0.4) is 0 Å². The minimum atomic E-state index is 0.230. The van der Waals surface area contributed by atoms with Gasteiger partial charge < -0.3 is 10.3 Å². The molecule has 5 nitrogen and oxygen atoms in total. The van der Waals surface area contributed by atoms with Crippen LogP contribution in [0, 0.1) is 11.3 Å². The van der Waals surface area contributed by atoms with Crippen LogP contribution in [0.5, 0.6) is 0 Å². The molecule has 0 bridgehead atoms. The normalized spacial score (nSPS) is 20.3. The smallest absolute Gasteiger partial charge is 0.222 e. The summed E-state index contributed by atoms with van der Waals surface area (Å²) in [5, 5.41) is 0. The molecule has 1 aromatic rings. The van der Waals surface area contributed by atoms with Gasteiger partial charge in [0.25, 0.3) is 0 Å². The summed E-state index contributed by atoms with van der Waals surface area (Å²) in [4.78, 5) is 18.5. The Bertz CT molecular complexity index is 495. The second-order valence-corrected chi connectivity index (χ2v) is 6.86. The Balaban J connectivity index is 2.08. The third-order valence-corrected chi connectivity index (χ3v) is 4.42. The van der Waals surface area contributed by atoms with Crippen molar-refractivity contribution in [3.8, 4) is 0 Å². The number of amides is 1. The largest absolute Gasteiger partial charge is 0.338 e. The molecule has 1 aliphatic heterocycles. The van der Waals surface area contributed by atoms with Gasteiger partial charge in [-0.25, -0.2) is 10.8 Å². The molecule has 2 heterocycles. The van der Waals surface area contributed by atoms with Crippen molar-refractivity contribution in [3.05, 3.63) is 23.9 Å². The van der Waals surface area contributed by atoms with Crippen LogP contribution >= 0.6 is 0 Å². The zero-order chi connectivity index (χ0) is 15.5. The van der Waals surface area contributed by atoms with E-state index in [9.17, 15) is 4.79 Å². The Hall–Kier alpha value is -1.62. The molecule has 0 aliphatic carbocycles. The highest BCUT2D eigenvalue weighted by Gasteiger charge is 2.30. The maximum atomic E-state index is 12.3. The standard InChI is InChI=1S/C16H26N4O/c1-16(2,3)13-6-7-14(21)20(10-8-13)11-12-5-4-9-18-15(12)19-17/h4-5,9,13H,6-8,10-11,17H2,1-3H3,(H,18,19). The molecule has 1 unspecified atom stereocenters. The summed E-state index contributed by atoms with van der Waals surface area (Å²) >= 11 is 0. The van der Waals surface area contributed by atoms with Crippen LogP contribution in [0.1, 0.15) is 45.6 Å². The fourth-order valence-corrected chi connectivity index (χ4v) is 2.97. The van der Waals surface area contributed by atoms with Crippen LogP contribution in [-0.2, 0) is 11.3 Å². The highest BCUT2D eigenvalue weighted by molar-refractivity contribution is 5.76. The topological polar surface area (TPSA) is 71.2 Å². The molecular weight excluding hydrogens is 264 g/mol. The monoisotopic (exact) mass is 290 g/mol. The number of hydrogen-bond donors (Lipinski definition) is 2. The minimum Gasteiger partial charge on any atom is -0.338 e. The fourth-order valence-electron chi connectivity index (χ4n) is 2.97. The fraction of sp³-hybridized carbons (Fsp3) is 0.625. The van der Waals surface area contributed by atoms with E-state index in [0.717, 1.165) is 24.9 Å². The van der Waals surface area contributed by atoms with Crippen molar-refractivity contribution in [2.24, 2.45) is 17.2 Å². The Morgan fingerprint density at radius 1 is 1.43 bits per heavy atom. The molecule has 2 rings (SSSR count). The van der Waals surface area contributed by atoms with Crippen molar-refractivity contribution in [1.82, 2.24) is 9.88 Å². The van der Waals surface area contributed by atoms with E-state index in [1.165, 1.54) is 0 Å². The second-order valence-electron chi connectivity index (χ2n) is 6.86. The highest BCUT2D eigenvalue weighted by Crippen LogP contribution is 2.34. The molecule has 1 aromatic heterocycles. The first-order valence-corrected chi connectivity index (χ1v) is 7.60. The zero-order valence-electron chi connectivity index (χ0n) is 13.2. The summed E-state index contributed by atoms with van der Waals surface area (Å²) in [6, 6.07) is 3.83. The second kappa shape index (κ2) is 6.43. The van der Waals surface area contributed by atoms with Crippen molar-refractivity contribution >= 4 is 11.7 Å². The van der Waals surface area contributed by atoms with Crippen molar-refractivity contribution in [1.29, 1.82) is 0 Å². The summed E-state index contributed by atoms with van der Waals surface area (Å²) < 4.78 is 0. The molecule has 0 spiro atoms. The lowest BCUT2D eigenvalue weighted by Gasteiger charge is -2.29. The van der Waals surface area contributed by atoms with Gasteiger partial charge in [-0.15, -0.1) is 0 Å². The summed E-state index contributed by atoms with van der Waals surface area (Å²) in [5.74, 6) is 6.95. The van der Waals surface area contributed by atoms with Crippen LogP contribution in [0.2, 0.25) is 0 Å². The third-order valence-electron chi connectivity index (χ3n) is 4.42. The van der Waals surface area contributed by atoms with Gasteiger partial charge in [-0.1, -0.05) is 26.8 Å². The summed E-state index contributed by atoms with van der Waals surface area (Å²) in [6.07, 6.45) is 4.36. The molecule has 116 valence electrons.